The van der Waals surface area contributed by atoms with Crippen LogP contribution in [0.5, 0.6) is 0 Å². The molecule has 0 radical (unpaired) electrons. The summed E-state index contributed by atoms with van der Waals surface area (Å²) in [5.41, 5.74) is -0.855. The maximum absolute atomic E-state index is 11.5. The van der Waals surface area contributed by atoms with E-state index >= 15 is 0 Å². The zero-order valence-corrected chi connectivity index (χ0v) is 16.4. The second-order valence-electron chi connectivity index (χ2n) is 4.98. The Bertz CT molecular complexity index is 574. The second kappa shape index (κ2) is 10.5. The minimum atomic E-state index is -2.08. The number of carbonyl (C=O) groups is 2. The molecule has 0 fully saturated rings. The summed E-state index contributed by atoms with van der Waals surface area (Å²) in [5.74, 6) is -3.26. The monoisotopic (exact) mass is 328 g/mol. The first-order valence-corrected chi connectivity index (χ1v) is 6.55. The van der Waals surface area contributed by atoms with Gasteiger partial charge in [-0.15, -0.1) is 0 Å². The predicted molar refractivity (Wildman–Crippen MR) is 72.7 cm³/mol. The summed E-state index contributed by atoms with van der Waals surface area (Å²) < 4.78 is 0. The van der Waals surface area contributed by atoms with E-state index in [0.717, 1.165) is 0 Å². The van der Waals surface area contributed by atoms with Crippen molar-refractivity contribution in [3.63, 3.8) is 0 Å². The van der Waals surface area contributed by atoms with Gasteiger partial charge in [0.25, 0.3) is 0 Å². The van der Waals surface area contributed by atoms with Crippen molar-refractivity contribution >= 4 is 11.9 Å². The van der Waals surface area contributed by atoms with Crippen LogP contribution in [0, 0.1) is 5.41 Å². The third-order valence-corrected chi connectivity index (χ3v) is 3.48. The van der Waals surface area contributed by atoms with Gasteiger partial charge < -0.3 is 19.8 Å². The van der Waals surface area contributed by atoms with Gasteiger partial charge in [-0.05, 0) is 24.0 Å². The summed E-state index contributed by atoms with van der Waals surface area (Å²) in [4.78, 5) is 23.1. The molecule has 0 aliphatic rings. The Morgan fingerprint density at radius 2 is 1.04 bits per heavy atom. The minimum Gasteiger partial charge on any atom is -0.549 e. The molecule has 2 aromatic rings. The molecule has 0 bridgehead atoms. The average molecular weight is 328 g/mol. The normalized spacial score (nSPS) is 10.1. The van der Waals surface area contributed by atoms with Gasteiger partial charge in [-0.2, -0.15) is 0 Å². The molecule has 108 valence electrons. The van der Waals surface area contributed by atoms with Crippen molar-refractivity contribution in [1.82, 2.24) is 0 Å². The minimum absolute atomic E-state index is 0. The van der Waals surface area contributed by atoms with Crippen LogP contribution >= 0.6 is 0 Å². The first-order valence-electron chi connectivity index (χ1n) is 6.55. The Hall–Kier alpha value is -0.386. The SMILES string of the molecule is O=C([O-])C(Cc1ccccc1)(Cc1ccccc1)C(=O)[O-].[K+].[Li+]. The fraction of sp³-hybridized carbons (Fsp3) is 0.176. The molecule has 2 rings (SSSR count). The van der Waals surface area contributed by atoms with Crippen LogP contribution in [0.1, 0.15) is 11.1 Å². The molecule has 2 aromatic carbocycles. The fourth-order valence-corrected chi connectivity index (χ4v) is 2.32. The molecule has 0 N–H and O–H groups in total. The van der Waals surface area contributed by atoms with E-state index in [9.17, 15) is 19.8 Å². The van der Waals surface area contributed by atoms with E-state index in [2.05, 4.69) is 0 Å². The predicted octanol–water partition coefficient (Wildman–Crippen LogP) is -6.03. The van der Waals surface area contributed by atoms with E-state index < -0.39 is 17.4 Å². The molecule has 0 heterocycles. The Morgan fingerprint density at radius 3 is 1.30 bits per heavy atom. The van der Waals surface area contributed by atoms with Crippen molar-refractivity contribution < 1.29 is 90.0 Å². The molecule has 0 aliphatic carbocycles. The molecular formula is C17H14KLiO4. The molecular weight excluding hydrogens is 314 g/mol. The van der Waals surface area contributed by atoms with Crippen molar-refractivity contribution in [2.24, 2.45) is 5.41 Å². The van der Waals surface area contributed by atoms with Crippen LogP contribution in [0.2, 0.25) is 0 Å². The first-order chi connectivity index (χ1) is 10.0. The fourth-order valence-electron chi connectivity index (χ4n) is 2.32. The second-order valence-corrected chi connectivity index (χ2v) is 4.98. The molecule has 23 heavy (non-hydrogen) atoms. The molecule has 4 nitrogen and oxygen atoms in total. The molecule has 0 aromatic heterocycles. The number of aliphatic carboxylic acids is 2. The zero-order chi connectivity index (χ0) is 15.3. The van der Waals surface area contributed by atoms with Crippen molar-refractivity contribution in [2.45, 2.75) is 12.8 Å². The number of hydrogen-bond acceptors (Lipinski definition) is 4. The van der Waals surface area contributed by atoms with Gasteiger partial charge in [0.15, 0.2) is 0 Å². The van der Waals surface area contributed by atoms with Gasteiger partial charge in [-0.25, -0.2) is 0 Å². The smallest absolute Gasteiger partial charge is 0.549 e. The van der Waals surface area contributed by atoms with Crippen molar-refractivity contribution in [3.8, 4) is 0 Å². The molecule has 0 saturated heterocycles. The standard InChI is InChI=1S/C17H16O4.K.Li/c18-15(19)17(16(20)21,11-13-7-3-1-4-8-13)12-14-9-5-2-6-10-14;;/h1-10H,11-12H2,(H,18,19)(H,20,21);;/q;2*+1/p-2. The Balaban J connectivity index is 0.00000242. The summed E-state index contributed by atoms with van der Waals surface area (Å²) >= 11 is 0. The number of carbonyl (C=O) groups excluding carboxylic acids is 2. The van der Waals surface area contributed by atoms with E-state index in [-0.39, 0.29) is 83.1 Å². The van der Waals surface area contributed by atoms with E-state index in [0.29, 0.717) is 11.1 Å². The van der Waals surface area contributed by atoms with Crippen LogP contribution in [-0.4, -0.2) is 11.9 Å². The number of rotatable bonds is 6. The summed E-state index contributed by atoms with van der Waals surface area (Å²) in [5, 5.41) is 23.1. The topological polar surface area (TPSA) is 80.3 Å². The molecule has 0 unspecified atom stereocenters. The van der Waals surface area contributed by atoms with Gasteiger partial charge in [0, 0.05) is 0 Å². The molecule has 0 spiro atoms. The summed E-state index contributed by atoms with van der Waals surface area (Å²) in [7, 11) is 0. The van der Waals surface area contributed by atoms with Gasteiger partial charge in [0.1, 0.15) is 0 Å². The number of hydrogen-bond donors (Lipinski definition) is 0. The third kappa shape index (κ3) is 5.88. The maximum atomic E-state index is 11.5. The summed E-state index contributed by atoms with van der Waals surface area (Å²) in [6.07, 6.45) is -0.346. The Morgan fingerprint density at radius 1 is 0.739 bits per heavy atom. The van der Waals surface area contributed by atoms with Gasteiger partial charge in [-0.3, -0.25) is 0 Å². The first kappa shape index (κ1) is 22.6. The van der Waals surface area contributed by atoms with Crippen LogP contribution in [0.15, 0.2) is 60.7 Å². The van der Waals surface area contributed by atoms with Crippen molar-refractivity contribution in [2.75, 3.05) is 0 Å². The molecule has 6 heteroatoms. The maximum Gasteiger partial charge on any atom is 1.00 e. The molecule has 0 atom stereocenters. The van der Waals surface area contributed by atoms with Crippen LogP contribution in [-0.2, 0) is 22.4 Å². The third-order valence-electron chi connectivity index (χ3n) is 3.48. The quantitative estimate of drug-likeness (QED) is 0.391. The Kier molecular flexibility index (Phi) is 10.3. The zero-order valence-electron chi connectivity index (χ0n) is 13.3. The van der Waals surface area contributed by atoms with Gasteiger partial charge in [0.05, 0.1) is 17.4 Å². The summed E-state index contributed by atoms with van der Waals surface area (Å²) in [6, 6.07) is 17.2. The molecule has 0 saturated carbocycles. The number of benzene rings is 2. The van der Waals surface area contributed by atoms with Crippen molar-refractivity contribution in [1.29, 1.82) is 0 Å². The van der Waals surface area contributed by atoms with E-state index in [1.165, 1.54) is 0 Å². The van der Waals surface area contributed by atoms with Gasteiger partial charge in [0.2, 0.25) is 0 Å². The van der Waals surface area contributed by atoms with E-state index in [1.54, 1.807) is 60.7 Å². The van der Waals surface area contributed by atoms with Gasteiger partial charge >= 0.3 is 70.2 Å². The molecule has 0 aliphatic heterocycles. The number of carboxylic acids is 2. The van der Waals surface area contributed by atoms with Crippen LogP contribution in [0.25, 0.3) is 0 Å². The van der Waals surface area contributed by atoms with E-state index in [1.807, 2.05) is 0 Å². The Labute approximate surface area is 189 Å². The van der Waals surface area contributed by atoms with Crippen LogP contribution in [0.4, 0.5) is 0 Å². The van der Waals surface area contributed by atoms with Crippen LogP contribution in [0.3, 0.4) is 0 Å². The average Bonchev–Trinajstić information content (AvgIpc) is 2.48. The van der Waals surface area contributed by atoms with Crippen LogP contribution < -0.4 is 80.5 Å². The number of carboxylic acid groups (broad SMARTS) is 2. The summed E-state index contributed by atoms with van der Waals surface area (Å²) in [6.45, 7) is 0. The largest absolute Gasteiger partial charge is 1.00 e. The van der Waals surface area contributed by atoms with Gasteiger partial charge in [-0.1, -0.05) is 60.7 Å². The molecule has 0 amide bonds. The van der Waals surface area contributed by atoms with E-state index in [4.69, 9.17) is 0 Å². The van der Waals surface area contributed by atoms with Crippen molar-refractivity contribution in [3.05, 3.63) is 71.8 Å².